The predicted molar refractivity (Wildman–Crippen MR) is 93.7 cm³/mol. The second-order valence-corrected chi connectivity index (χ2v) is 5.20. The zero-order valence-electron chi connectivity index (χ0n) is 13.9. The van der Waals surface area contributed by atoms with Crippen LogP contribution in [0.5, 0.6) is 17.2 Å². The molecule has 0 spiro atoms. The van der Waals surface area contributed by atoms with Crippen molar-refractivity contribution in [2.24, 2.45) is 10.9 Å². The van der Waals surface area contributed by atoms with Gasteiger partial charge in [-0.15, -0.1) is 0 Å². The van der Waals surface area contributed by atoms with E-state index in [1.807, 2.05) is 0 Å². The van der Waals surface area contributed by atoms with Crippen molar-refractivity contribution in [3.63, 3.8) is 0 Å². The first-order chi connectivity index (χ1) is 12.0. The molecule has 2 rings (SSSR count). The Labute approximate surface area is 149 Å². The van der Waals surface area contributed by atoms with Gasteiger partial charge in [-0.2, -0.15) is 0 Å². The zero-order chi connectivity index (χ0) is 18.4. The molecule has 2 aromatic carbocycles. The van der Waals surface area contributed by atoms with Crippen LogP contribution in [-0.4, -0.2) is 33.1 Å². The number of methoxy groups -OCH3 is 3. The lowest BCUT2D eigenvalue weighted by Gasteiger charge is -2.09. The fraction of sp³-hybridized carbons (Fsp3) is 0.176. The molecule has 2 N–H and O–H groups in total. The Bertz CT molecular complexity index is 808. The molecule has 7 nitrogen and oxygen atoms in total. The normalized spacial score (nSPS) is 11.0. The molecule has 25 heavy (non-hydrogen) atoms. The van der Waals surface area contributed by atoms with E-state index in [2.05, 4.69) is 5.16 Å². The quantitative estimate of drug-likeness (QED) is 0.367. The van der Waals surface area contributed by atoms with Gasteiger partial charge in [0.2, 0.25) is 0 Å². The molecule has 0 saturated carbocycles. The van der Waals surface area contributed by atoms with Gasteiger partial charge in [0.15, 0.2) is 5.84 Å². The van der Waals surface area contributed by atoms with E-state index in [9.17, 15) is 4.79 Å². The highest BCUT2D eigenvalue weighted by Crippen LogP contribution is 2.26. The SMILES string of the molecule is COc1ccc(C(=O)O/N=C(\N)c2cc(Cl)ccc2OC)c(OC)c1. The molecule has 0 unspecified atom stereocenters. The summed E-state index contributed by atoms with van der Waals surface area (Å²) in [5.74, 6) is 0.492. The van der Waals surface area contributed by atoms with Gasteiger partial charge < -0.3 is 24.8 Å². The maximum absolute atomic E-state index is 12.2. The van der Waals surface area contributed by atoms with Crippen LogP contribution in [0.3, 0.4) is 0 Å². The third-order valence-corrected chi connectivity index (χ3v) is 3.53. The summed E-state index contributed by atoms with van der Waals surface area (Å²) in [6.45, 7) is 0. The van der Waals surface area contributed by atoms with Crippen molar-refractivity contribution in [1.29, 1.82) is 0 Å². The minimum atomic E-state index is -0.733. The van der Waals surface area contributed by atoms with Gasteiger partial charge in [0.25, 0.3) is 0 Å². The molecule has 0 fully saturated rings. The Hall–Kier alpha value is -2.93. The van der Waals surface area contributed by atoms with Gasteiger partial charge in [0.1, 0.15) is 22.8 Å². The fourth-order valence-electron chi connectivity index (χ4n) is 2.04. The molecule has 8 heteroatoms. The van der Waals surface area contributed by atoms with Crippen LogP contribution in [0.4, 0.5) is 0 Å². The number of carbonyl (C=O) groups is 1. The molecule has 0 aliphatic rings. The van der Waals surface area contributed by atoms with Crippen molar-refractivity contribution in [3.8, 4) is 17.2 Å². The first-order valence-corrected chi connectivity index (χ1v) is 7.48. The molecule has 0 bridgehead atoms. The highest BCUT2D eigenvalue weighted by atomic mass is 35.5. The number of ether oxygens (including phenoxy) is 3. The Kier molecular flexibility index (Phi) is 6.08. The minimum absolute atomic E-state index is 0.0554. The summed E-state index contributed by atoms with van der Waals surface area (Å²) in [7, 11) is 4.42. The van der Waals surface area contributed by atoms with E-state index in [1.54, 1.807) is 30.3 Å². The third kappa shape index (κ3) is 4.33. The highest BCUT2D eigenvalue weighted by Gasteiger charge is 2.16. The summed E-state index contributed by atoms with van der Waals surface area (Å²) in [6, 6.07) is 9.50. The van der Waals surface area contributed by atoms with Crippen LogP contribution in [0, 0.1) is 0 Å². The maximum Gasteiger partial charge on any atom is 0.369 e. The summed E-state index contributed by atoms with van der Waals surface area (Å²) in [5, 5.41) is 4.10. The smallest absolute Gasteiger partial charge is 0.369 e. The molecule has 0 atom stereocenters. The van der Waals surface area contributed by atoms with E-state index in [4.69, 9.17) is 36.4 Å². The second-order valence-electron chi connectivity index (χ2n) is 4.77. The molecule has 0 aromatic heterocycles. The summed E-state index contributed by atoms with van der Waals surface area (Å²) in [4.78, 5) is 17.1. The Morgan fingerprint density at radius 1 is 0.960 bits per heavy atom. The van der Waals surface area contributed by atoms with Crippen LogP contribution >= 0.6 is 11.6 Å². The van der Waals surface area contributed by atoms with E-state index in [0.717, 1.165) is 0 Å². The minimum Gasteiger partial charge on any atom is -0.497 e. The van der Waals surface area contributed by atoms with Gasteiger partial charge in [-0.25, -0.2) is 4.79 Å². The van der Waals surface area contributed by atoms with E-state index >= 15 is 0 Å². The lowest BCUT2D eigenvalue weighted by Crippen LogP contribution is -2.16. The third-order valence-electron chi connectivity index (χ3n) is 3.29. The average Bonchev–Trinajstić information content (AvgIpc) is 2.65. The van der Waals surface area contributed by atoms with Crippen molar-refractivity contribution in [2.75, 3.05) is 21.3 Å². The van der Waals surface area contributed by atoms with Gasteiger partial charge in [-0.05, 0) is 30.3 Å². The van der Waals surface area contributed by atoms with Gasteiger partial charge >= 0.3 is 5.97 Å². The lowest BCUT2D eigenvalue weighted by atomic mass is 10.2. The zero-order valence-corrected chi connectivity index (χ0v) is 14.7. The van der Waals surface area contributed by atoms with Crippen molar-refractivity contribution in [1.82, 2.24) is 0 Å². The monoisotopic (exact) mass is 364 g/mol. The molecule has 0 heterocycles. The summed E-state index contributed by atoms with van der Waals surface area (Å²) in [6.07, 6.45) is 0. The molecule has 0 saturated heterocycles. The molecular formula is C17H17ClN2O5. The van der Waals surface area contributed by atoms with Crippen LogP contribution < -0.4 is 19.9 Å². The number of rotatable bonds is 6. The summed E-state index contributed by atoms with van der Waals surface area (Å²) < 4.78 is 15.4. The number of benzene rings is 2. The number of carbonyl (C=O) groups excluding carboxylic acids is 1. The highest BCUT2D eigenvalue weighted by molar-refractivity contribution is 6.31. The molecule has 0 amide bonds. The number of amidine groups is 1. The maximum atomic E-state index is 12.2. The number of hydrogen-bond acceptors (Lipinski definition) is 6. The molecule has 0 aliphatic heterocycles. The Morgan fingerprint density at radius 2 is 1.68 bits per heavy atom. The van der Waals surface area contributed by atoms with Gasteiger partial charge in [0.05, 0.1) is 26.9 Å². The summed E-state index contributed by atoms with van der Waals surface area (Å²) >= 11 is 5.94. The standard InChI is InChI=1S/C17H17ClN2O5/c1-22-11-5-6-12(15(9-11)24-3)17(21)25-20-16(19)13-8-10(18)4-7-14(13)23-2/h4-9H,1-3H3,(H2,19,20). The number of halogens is 1. The topological polar surface area (TPSA) is 92.4 Å². The number of oxime groups is 1. The molecule has 2 aromatic rings. The molecule has 0 aliphatic carbocycles. The van der Waals surface area contributed by atoms with Crippen molar-refractivity contribution in [2.45, 2.75) is 0 Å². The Morgan fingerprint density at radius 3 is 2.32 bits per heavy atom. The van der Waals surface area contributed by atoms with Crippen LogP contribution in [0.1, 0.15) is 15.9 Å². The van der Waals surface area contributed by atoms with E-state index in [-0.39, 0.29) is 11.4 Å². The first-order valence-electron chi connectivity index (χ1n) is 7.11. The number of hydrogen-bond donors (Lipinski definition) is 1. The van der Waals surface area contributed by atoms with Gasteiger partial charge in [-0.1, -0.05) is 16.8 Å². The largest absolute Gasteiger partial charge is 0.497 e. The molecular weight excluding hydrogens is 348 g/mol. The second kappa shape index (κ2) is 8.25. The number of nitrogens with two attached hydrogens (primary N) is 1. The lowest BCUT2D eigenvalue weighted by molar-refractivity contribution is 0.0512. The molecule has 132 valence electrons. The molecule has 0 radical (unpaired) electrons. The van der Waals surface area contributed by atoms with E-state index in [0.29, 0.717) is 27.8 Å². The van der Waals surface area contributed by atoms with Crippen LogP contribution in [0.25, 0.3) is 0 Å². The Balaban J connectivity index is 2.24. The van der Waals surface area contributed by atoms with E-state index in [1.165, 1.54) is 27.4 Å². The van der Waals surface area contributed by atoms with Crippen molar-refractivity contribution >= 4 is 23.4 Å². The first kappa shape index (κ1) is 18.4. The van der Waals surface area contributed by atoms with Crippen LogP contribution in [0.2, 0.25) is 5.02 Å². The average molecular weight is 365 g/mol. The predicted octanol–water partition coefficient (Wildman–Crippen LogP) is 2.84. The van der Waals surface area contributed by atoms with Gasteiger partial charge in [-0.3, -0.25) is 0 Å². The number of nitrogens with zero attached hydrogens (tertiary/aromatic N) is 1. The fourth-order valence-corrected chi connectivity index (χ4v) is 2.21. The van der Waals surface area contributed by atoms with Crippen molar-refractivity contribution < 1.29 is 23.8 Å². The van der Waals surface area contributed by atoms with Crippen LogP contribution in [0.15, 0.2) is 41.6 Å². The van der Waals surface area contributed by atoms with Crippen LogP contribution in [-0.2, 0) is 4.84 Å². The van der Waals surface area contributed by atoms with Crippen molar-refractivity contribution in [3.05, 3.63) is 52.5 Å². The van der Waals surface area contributed by atoms with E-state index < -0.39 is 5.97 Å². The van der Waals surface area contributed by atoms with Gasteiger partial charge in [0, 0.05) is 11.1 Å². The summed E-state index contributed by atoms with van der Waals surface area (Å²) in [5.41, 5.74) is 6.45.